The molecule has 1 fully saturated rings. The smallest absolute Gasteiger partial charge is 0.407 e. The lowest BCUT2D eigenvalue weighted by Crippen LogP contribution is -2.52. The summed E-state index contributed by atoms with van der Waals surface area (Å²) in [4.78, 5) is 36.2. The lowest BCUT2D eigenvalue weighted by Gasteiger charge is -2.24. The highest BCUT2D eigenvalue weighted by molar-refractivity contribution is 5.88. The molecule has 24 heavy (non-hydrogen) atoms. The molecule has 2 atom stereocenters. The van der Waals surface area contributed by atoms with Gasteiger partial charge in [0.1, 0.15) is 18.7 Å². The minimum atomic E-state index is -1.04. The molecule has 1 heterocycles. The molecule has 0 spiro atoms. The fourth-order valence-corrected chi connectivity index (χ4v) is 2.55. The van der Waals surface area contributed by atoms with Gasteiger partial charge in [-0.3, -0.25) is 4.79 Å². The molecule has 0 saturated carbocycles. The molecule has 1 aromatic rings. The van der Waals surface area contributed by atoms with Crippen molar-refractivity contribution in [1.29, 1.82) is 0 Å². The normalized spacial score (nSPS) is 18.0. The number of carbonyl (C=O) groups is 3. The predicted octanol–water partition coefficient (Wildman–Crippen LogP) is 0.316. The summed E-state index contributed by atoms with van der Waals surface area (Å²) >= 11 is 0. The second-order valence-corrected chi connectivity index (χ2v) is 5.58. The van der Waals surface area contributed by atoms with Crippen molar-refractivity contribution in [2.75, 3.05) is 13.1 Å². The van der Waals surface area contributed by atoms with Crippen LogP contribution >= 0.6 is 0 Å². The Bertz CT molecular complexity index is 593. The number of rotatable bonds is 6. The van der Waals surface area contributed by atoms with E-state index in [2.05, 4.69) is 5.32 Å². The first-order chi connectivity index (χ1) is 11.5. The number of likely N-dealkylation sites (tertiary alicyclic amines) is 1. The SMILES string of the molecule is NC(CNC(=O)OCc1ccccc1)C(=O)N1CCC[C@H]1C(=O)O. The minimum absolute atomic E-state index is 0.114. The number of hydrogen-bond acceptors (Lipinski definition) is 5. The van der Waals surface area contributed by atoms with E-state index in [9.17, 15) is 14.4 Å². The highest BCUT2D eigenvalue weighted by Crippen LogP contribution is 2.18. The van der Waals surface area contributed by atoms with Crippen molar-refractivity contribution in [1.82, 2.24) is 10.2 Å². The molecule has 0 radical (unpaired) electrons. The minimum Gasteiger partial charge on any atom is -0.480 e. The first kappa shape index (κ1) is 17.7. The maximum absolute atomic E-state index is 12.2. The van der Waals surface area contributed by atoms with Gasteiger partial charge in [0, 0.05) is 13.1 Å². The second kappa shape index (κ2) is 8.30. The van der Waals surface area contributed by atoms with E-state index in [1.165, 1.54) is 4.90 Å². The van der Waals surface area contributed by atoms with Crippen molar-refractivity contribution in [3.8, 4) is 0 Å². The predicted molar refractivity (Wildman–Crippen MR) is 85.0 cm³/mol. The number of benzene rings is 1. The summed E-state index contributed by atoms with van der Waals surface area (Å²) in [5.74, 6) is -1.52. The maximum Gasteiger partial charge on any atom is 0.407 e. The number of ether oxygens (including phenoxy) is 1. The van der Waals surface area contributed by atoms with Gasteiger partial charge in [-0.05, 0) is 18.4 Å². The fourth-order valence-electron chi connectivity index (χ4n) is 2.55. The summed E-state index contributed by atoms with van der Waals surface area (Å²) < 4.78 is 5.02. The third-order valence-electron chi connectivity index (χ3n) is 3.82. The van der Waals surface area contributed by atoms with Gasteiger partial charge in [-0.15, -0.1) is 0 Å². The number of carboxylic acids is 1. The lowest BCUT2D eigenvalue weighted by atomic mass is 10.2. The van der Waals surface area contributed by atoms with E-state index in [1.807, 2.05) is 30.3 Å². The van der Waals surface area contributed by atoms with Gasteiger partial charge in [-0.25, -0.2) is 9.59 Å². The standard InChI is InChI=1S/C16H21N3O5/c17-12(14(20)19-8-4-7-13(19)15(21)22)9-18-16(23)24-10-11-5-2-1-3-6-11/h1-3,5-6,12-13H,4,7-10,17H2,(H,18,23)(H,21,22)/t12?,13-/m0/s1. The quantitative estimate of drug-likeness (QED) is 0.688. The zero-order chi connectivity index (χ0) is 17.5. The summed E-state index contributed by atoms with van der Waals surface area (Å²) in [5.41, 5.74) is 6.60. The van der Waals surface area contributed by atoms with Gasteiger partial charge in [-0.2, -0.15) is 0 Å². The average molecular weight is 335 g/mol. The van der Waals surface area contributed by atoms with Crippen LogP contribution in [0.4, 0.5) is 4.79 Å². The third kappa shape index (κ3) is 4.69. The molecule has 1 saturated heterocycles. The monoisotopic (exact) mass is 335 g/mol. The molecule has 1 unspecified atom stereocenters. The zero-order valence-corrected chi connectivity index (χ0v) is 13.2. The number of nitrogens with zero attached hydrogens (tertiary/aromatic N) is 1. The van der Waals surface area contributed by atoms with Gasteiger partial charge in [0.25, 0.3) is 0 Å². The van der Waals surface area contributed by atoms with Gasteiger partial charge in [-0.1, -0.05) is 30.3 Å². The molecular weight excluding hydrogens is 314 g/mol. The Morgan fingerprint density at radius 3 is 2.71 bits per heavy atom. The molecule has 1 aromatic carbocycles. The number of nitrogens with one attached hydrogen (secondary N) is 1. The van der Waals surface area contributed by atoms with E-state index in [0.29, 0.717) is 19.4 Å². The molecule has 130 valence electrons. The van der Waals surface area contributed by atoms with Crippen LogP contribution in [-0.2, 0) is 20.9 Å². The third-order valence-corrected chi connectivity index (χ3v) is 3.82. The van der Waals surface area contributed by atoms with Crippen LogP contribution in [0.15, 0.2) is 30.3 Å². The van der Waals surface area contributed by atoms with Crippen molar-refractivity contribution < 1.29 is 24.2 Å². The molecule has 1 aliphatic rings. The molecule has 4 N–H and O–H groups in total. The zero-order valence-electron chi connectivity index (χ0n) is 13.2. The Morgan fingerprint density at radius 1 is 1.33 bits per heavy atom. The van der Waals surface area contributed by atoms with Crippen molar-refractivity contribution >= 4 is 18.0 Å². The number of carboxylic acid groups (broad SMARTS) is 1. The molecule has 8 nitrogen and oxygen atoms in total. The number of nitrogens with two attached hydrogens (primary N) is 1. The fraction of sp³-hybridized carbons (Fsp3) is 0.438. The largest absolute Gasteiger partial charge is 0.480 e. The van der Waals surface area contributed by atoms with E-state index < -0.39 is 30.1 Å². The van der Waals surface area contributed by atoms with Crippen molar-refractivity contribution in [3.05, 3.63) is 35.9 Å². The van der Waals surface area contributed by atoms with Crippen LogP contribution in [0.1, 0.15) is 18.4 Å². The van der Waals surface area contributed by atoms with Crippen molar-refractivity contribution in [2.45, 2.75) is 31.5 Å². The van der Waals surface area contributed by atoms with Crippen LogP contribution in [0.3, 0.4) is 0 Å². The van der Waals surface area contributed by atoms with Gasteiger partial charge in [0.2, 0.25) is 5.91 Å². The molecule has 2 amide bonds. The van der Waals surface area contributed by atoms with Gasteiger partial charge in [0.15, 0.2) is 0 Å². The van der Waals surface area contributed by atoms with Crippen LogP contribution in [0.25, 0.3) is 0 Å². The summed E-state index contributed by atoms with van der Waals surface area (Å²) in [6.45, 7) is 0.361. The highest BCUT2D eigenvalue weighted by Gasteiger charge is 2.36. The van der Waals surface area contributed by atoms with Gasteiger partial charge in [0.05, 0.1) is 0 Å². The van der Waals surface area contributed by atoms with Crippen LogP contribution in [-0.4, -0.2) is 53.1 Å². The van der Waals surface area contributed by atoms with E-state index >= 15 is 0 Å². The van der Waals surface area contributed by atoms with E-state index in [1.54, 1.807) is 0 Å². The first-order valence-electron chi connectivity index (χ1n) is 7.72. The number of carbonyl (C=O) groups excluding carboxylic acids is 2. The Morgan fingerprint density at radius 2 is 2.04 bits per heavy atom. The molecule has 8 heteroatoms. The summed E-state index contributed by atoms with van der Waals surface area (Å²) in [7, 11) is 0. The molecule has 0 bridgehead atoms. The van der Waals surface area contributed by atoms with E-state index in [-0.39, 0.29) is 13.2 Å². The Labute approximate surface area is 139 Å². The number of amides is 2. The molecular formula is C16H21N3O5. The van der Waals surface area contributed by atoms with Gasteiger partial charge < -0.3 is 25.8 Å². The highest BCUT2D eigenvalue weighted by atomic mass is 16.5. The lowest BCUT2D eigenvalue weighted by molar-refractivity contribution is -0.148. The Kier molecular flexibility index (Phi) is 6.14. The summed E-state index contributed by atoms with van der Waals surface area (Å²) in [5, 5.41) is 11.5. The van der Waals surface area contributed by atoms with Crippen LogP contribution < -0.4 is 11.1 Å². The first-order valence-corrected chi connectivity index (χ1v) is 7.72. The van der Waals surface area contributed by atoms with E-state index in [0.717, 1.165) is 5.56 Å². The number of alkyl carbamates (subject to hydrolysis) is 1. The number of hydrogen-bond donors (Lipinski definition) is 3. The van der Waals surface area contributed by atoms with E-state index in [4.69, 9.17) is 15.6 Å². The number of aliphatic carboxylic acids is 1. The average Bonchev–Trinajstić information content (AvgIpc) is 3.08. The molecule has 0 aromatic heterocycles. The topological polar surface area (TPSA) is 122 Å². The Hall–Kier alpha value is -2.61. The van der Waals surface area contributed by atoms with Crippen molar-refractivity contribution in [3.63, 3.8) is 0 Å². The van der Waals surface area contributed by atoms with Crippen LogP contribution in [0.5, 0.6) is 0 Å². The van der Waals surface area contributed by atoms with Crippen LogP contribution in [0, 0.1) is 0 Å². The summed E-state index contributed by atoms with van der Waals surface area (Å²) in [6.07, 6.45) is 0.362. The second-order valence-electron chi connectivity index (χ2n) is 5.58. The molecule has 1 aliphatic heterocycles. The summed E-state index contributed by atoms with van der Waals surface area (Å²) in [6, 6.07) is 7.32. The van der Waals surface area contributed by atoms with Crippen LogP contribution in [0.2, 0.25) is 0 Å². The molecule has 2 rings (SSSR count). The molecule has 0 aliphatic carbocycles. The van der Waals surface area contributed by atoms with Crippen molar-refractivity contribution in [2.24, 2.45) is 5.73 Å². The van der Waals surface area contributed by atoms with Gasteiger partial charge >= 0.3 is 12.1 Å². The Balaban J connectivity index is 1.75. The maximum atomic E-state index is 12.2.